The Morgan fingerprint density at radius 2 is 1.83 bits per heavy atom. The summed E-state index contributed by atoms with van der Waals surface area (Å²) in [6, 6.07) is 13.9. The van der Waals surface area contributed by atoms with Crippen LogP contribution in [0.2, 0.25) is 0 Å². The number of hydrogen-bond acceptors (Lipinski definition) is 5. The van der Waals surface area contributed by atoms with Crippen LogP contribution >= 0.6 is 11.8 Å². The van der Waals surface area contributed by atoms with Crippen LogP contribution in [0.25, 0.3) is 5.65 Å². The van der Waals surface area contributed by atoms with Crippen molar-refractivity contribution in [3.63, 3.8) is 0 Å². The number of imide groups is 1. The molecule has 3 rings (SSSR count). The third kappa shape index (κ3) is 3.72. The molecule has 0 aliphatic rings. The average molecular weight is 341 g/mol. The van der Waals surface area contributed by atoms with Gasteiger partial charge in [0.1, 0.15) is 0 Å². The lowest BCUT2D eigenvalue weighted by atomic mass is 10.3. The van der Waals surface area contributed by atoms with E-state index >= 15 is 0 Å². The van der Waals surface area contributed by atoms with Crippen LogP contribution in [0, 0.1) is 0 Å². The molecule has 3 amide bonds. The molecule has 0 saturated carbocycles. The SMILES string of the molecule is CC(Sc1nnc2ccccn12)C(=O)NC(=O)Nc1ccccc1. The summed E-state index contributed by atoms with van der Waals surface area (Å²) in [4.78, 5) is 24.0. The van der Waals surface area contributed by atoms with Gasteiger partial charge in [0.2, 0.25) is 5.91 Å². The topological polar surface area (TPSA) is 88.4 Å². The van der Waals surface area contributed by atoms with E-state index in [-0.39, 0.29) is 0 Å². The number of para-hydroxylation sites is 1. The Morgan fingerprint density at radius 1 is 1.08 bits per heavy atom. The number of nitrogens with one attached hydrogen (secondary N) is 2. The highest BCUT2D eigenvalue weighted by Crippen LogP contribution is 2.21. The maximum absolute atomic E-state index is 12.2. The first-order chi connectivity index (χ1) is 11.6. The molecule has 122 valence electrons. The van der Waals surface area contributed by atoms with Crippen LogP contribution in [-0.4, -0.2) is 31.8 Å². The van der Waals surface area contributed by atoms with Gasteiger partial charge in [0, 0.05) is 11.9 Å². The predicted octanol–water partition coefficient (Wildman–Crippen LogP) is 2.56. The van der Waals surface area contributed by atoms with E-state index < -0.39 is 17.2 Å². The Hall–Kier alpha value is -2.87. The maximum atomic E-state index is 12.2. The number of carbonyl (C=O) groups is 2. The van der Waals surface area contributed by atoms with Crippen molar-refractivity contribution in [1.29, 1.82) is 0 Å². The second kappa shape index (κ2) is 7.14. The second-order valence-corrected chi connectivity index (χ2v) is 6.29. The van der Waals surface area contributed by atoms with Crippen molar-refractivity contribution in [2.75, 3.05) is 5.32 Å². The third-order valence-corrected chi connectivity index (χ3v) is 4.26. The van der Waals surface area contributed by atoms with E-state index in [2.05, 4.69) is 20.8 Å². The Labute approximate surface area is 142 Å². The van der Waals surface area contributed by atoms with Gasteiger partial charge >= 0.3 is 6.03 Å². The number of hydrogen-bond donors (Lipinski definition) is 2. The average Bonchev–Trinajstić information content (AvgIpc) is 2.99. The first-order valence-electron chi connectivity index (χ1n) is 7.27. The Balaban J connectivity index is 1.59. The fourth-order valence-corrected chi connectivity index (χ4v) is 2.85. The number of fused-ring (bicyclic) bond motifs is 1. The highest BCUT2D eigenvalue weighted by atomic mass is 32.2. The highest BCUT2D eigenvalue weighted by Gasteiger charge is 2.19. The van der Waals surface area contributed by atoms with Gasteiger partial charge in [-0.1, -0.05) is 36.0 Å². The molecule has 0 fully saturated rings. The van der Waals surface area contributed by atoms with Gasteiger partial charge in [-0.05, 0) is 31.2 Å². The van der Waals surface area contributed by atoms with Crippen molar-refractivity contribution in [2.45, 2.75) is 17.3 Å². The molecule has 2 heterocycles. The quantitative estimate of drug-likeness (QED) is 0.712. The number of benzene rings is 1. The third-order valence-electron chi connectivity index (χ3n) is 3.20. The second-order valence-electron chi connectivity index (χ2n) is 4.98. The lowest BCUT2D eigenvalue weighted by molar-refractivity contribution is -0.119. The largest absolute Gasteiger partial charge is 0.325 e. The number of urea groups is 1. The number of pyridine rings is 1. The molecule has 0 bridgehead atoms. The van der Waals surface area contributed by atoms with Gasteiger partial charge in [-0.25, -0.2) is 4.79 Å². The summed E-state index contributed by atoms with van der Waals surface area (Å²) in [5.41, 5.74) is 1.32. The number of thioether (sulfide) groups is 1. The fraction of sp³-hybridized carbons (Fsp3) is 0.125. The van der Waals surface area contributed by atoms with Crippen LogP contribution in [0.1, 0.15) is 6.92 Å². The number of amides is 3. The Kier molecular flexibility index (Phi) is 4.76. The van der Waals surface area contributed by atoms with Crippen molar-refractivity contribution >= 4 is 35.0 Å². The van der Waals surface area contributed by atoms with E-state index in [0.717, 1.165) is 0 Å². The molecule has 7 nitrogen and oxygen atoms in total. The molecule has 0 aliphatic carbocycles. The van der Waals surface area contributed by atoms with E-state index in [9.17, 15) is 9.59 Å². The summed E-state index contributed by atoms with van der Waals surface area (Å²) < 4.78 is 1.79. The van der Waals surface area contributed by atoms with Crippen molar-refractivity contribution in [1.82, 2.24) is 19.9 Å². The number of anilines is 1. The van der Waals surface area contributed by atoms with E-state index in [4.69, 9.17) is 0 Å². The molecular formula is C16H15N5O2S. The van der Waals surface area contributed by atoms with Crippen LogP contribution in [0.15, 0.2) is 59.9 Å². The van der Waals surface area contributed by atoms with Crippen LogP contribution in [0.4, 0.5) is 10.5 Å². The number of carbonyl (C=O) groups excluding carboxylic acids is 2. The zero-order valence-electron chi connectivity index (χ0n) is 12.8. The Bertz CT molecular complexity index is 865. The molecule has 0 saturated heterocycles. The van der Waals surface area contributed by atoms with E-state index in [1.807, 2.05) is 30.5 Å². The lowest BCUT2D eigenvalue weighted by Crippen LogP contribution is -2.38. The smallest absolute Gasteiger partial charge is 0.308 e. The van der Waals surface area contributed by atoms with Crippen molar-refractivity contribution in [3.8, 4) is 0 Å². The minimum absolute atomic E-state index is 0.402. The van der Waals surface area contributed by atoms with E-state index in [1.165, 1.54) is 11.8 Å². The summed E-state index contributed by atoms with van der Waals surface area (Å²) in [6.07, 6.45) is 1.82. The van der Waals surface area contributed by atoms with Gasteiger partial charge in [0.05, 0.1) is 5.25 Å². The van der Waals surface area contributed by atoms with Gasteiger partial charge in [-0.3, -0.25) is 14.5 Å². The molecule has 1 unspecified atom stereocenters. The van der Waals surface area contributed by atoms with Gasteiger partial charge in [-0.15, -0.1) is 10.2 Å². The summed E-state index contributed by atoms with van der Waals surface area (Å²) in [6.45, 7) is 1.71. The summed E-state index contributed by atoms with van der Waals surface area (Å²) >= 11 is 1.23. The predicted molar refractivity (Wildman–Crippen MR) is 91.9 cm³/mol. The minimum atomic E-state index is -0.565. The monoisotopic (exact) mass is 341 g/mol. The standard InChI is InChI=1S/C16H15N5O2S/c1-11(24-16-20-19-13-9-5-6-10-21(13)16)14(22)18-15(23)17-12-7-3-2-4-8-12/h2-11H,1H3,(H2,17,18,22,23). The minimum Gasteiger partial charge on any atom is -0.308 e. The van der Waals surface area contributed by atoms with Crippen LogP contribution < -0.4 is 10.6 Å². The van der Waals surface area contributed by atoms with Crippen LogP contribution in [-0.2, 0) is 4.79 Å². The molecule has 1 aromatic carbocycles. The summed E-state index contributed by atoms with van der Waals surface area (Å²) in [7, 11) is 0. The zero-order chi connectivity index (χ0) is 16.9. The zero-order valence-corrected chi connectivity index (χ0v) is 13.7. The lowest BCUT2D eigenvalue weighted by Gasteiger charge is -2.11. The van der Waals surface area contributed by atoms with Gasteiger partial charge in [-0.2, -0.15) is 0 Å². The maximum Gasteiger partial charge on any atom is 0.325 e. The highest BCUT2D eigenvalue weighted by molar-refractivity contribution is 8.00. The van der Waals surface area contributed by atoms with Crippen molar-refractivity contribution in [3.05, 3.63) is 54.7 Å². The van der Waals surface area contributed by atoms with Crippen LogP contribution in [0.5, 0.6) is 0 Å². The van der Waals surface area contributed by atoms with Crippen LogP contribution in [0.3, 0.4) is 0 Å². The van der Waals surface area contributed by atoms with Crippen molar-refractivity contribution in [2.24, 2.45) is 0 Å². The molecule has 2 N–H and O–H groups in total. The molecule has 1 atom stereocenters. The summed E-state index contributed by atoms with van der Waals surface area (Å²) in [5.74, 6) is -0.402. The number of nitrogens with zero attached hydrogens (tertiary/aromatic N) is 3. The first-order valence-corrected chi connectivity index (χ1v) is 8.15. The van der Waals surface area contributed by atoms with E-state index in [1.54, 1.807) is 35.6 Å². The van der Waals surface area contributed by atoms with Gasteiger partial charge < -0.3 is 5.32 Å². The molecule has 24 heavy (non-hydrogen) atoms. The molecule has 0 aliphatic heterocycles. The normalized spacial score (nSPS) is 11.9. The summed E-state index contributed by atoms with van der Waals surface area (Å²) in [5, 5.41) is 13.1. The van der Waals surface area contributed by atoms with Crippen molar-refractivity contribution < 1.29 is 9.59 Å². The fourth-order valence-electron chi connectivity index (χ4n) is 2.01. The molecule has 0 radical (unpaired) electrons. The first kappa shape index (κ1) is 16.0. The molecule has 0 spiro atoms. The molecular weight excluding hydrogens is 326 g/mol. The molecule has 3 aromatic rings. The Morgan fingerprint density at radius 3 is 2.62 bits per heavy atom. The van der Waals surface area contributed by atoms with E-state index in [0.29, 0.717) is 16.5 Å². The van der Waals surface area contributed by atoms with Gasteiger partial charge in [0.25, 0.3) is 0 Å². The number of rotatable bonds is 4. The van der Waals surface area contributed by atoms with Gasteiger partial charge in [0.15, 0.2) is 10.8 Å². The molecule has 8 heteroatoms. The molecule has 2 aromatic heterocycles. The number of aromatic nitrogens is 3.